The summed E-state index contributed by atoms with van der Waals surface area (Å²) in [5.41, 5.74) is 5.33. The summed E-state index contributed by atoms with van der Waals surface area (Å²) in [5.74, 6) is 0. The van der Waals surface area contributed by atoms with Crippen LogP contribution in [-0.4, -0.2) is 16.1 Å². The first-order valence-electron chi connectivity index (χ1n) is 7.24. The molecule has 0 atom stereocenters. The van der Waals surface area contributed by atoms with Crippen LogP contribution in [0.25, 0.3) is 5.69 Å². The number of fused-ring (bicyclic) bond motifs is 1. The minimum Gasteiger partial charge on any atom is -0.313 e. The first-order chi connectivity index (χ1) is 9.40. The van der Waals surface area contributed by atoms with Crippen LogP contribution in [0.15, 0.2) is 30.6 Å². The third-order valence-corrected chi connectivity index (χ3v) is 3.85. The molecule has 0 saturated carbocycles. The van der Waals surface area contributed by atoms with Gasteiger partial charge < -0.3 is 9.88 Å². The molecular formula is C16H21N3. The molecule has 1 aliphatic carbocycles. The molecule has 3 heteroatoms. The van der Waals surface area contributed by atoms with E-state index in [1.807, 2.05) is 6.33 Å². The third-order valence-electron chi connectivity index (χ3n) is 3.85. The van der Waals surface area contributed by atoms with Crippen LogP contribution in [-0.2, 0) is 19.4 Å². The second-order valence-corrected chi connectivity index (χ2v) is 5.12. The lowest BCUT2D eigenvalue weighted by Crippen LogP contribution is -2.15. The summed E-state index contributed by atoms with van der Waals surface area (Å²) < 4.78 is 2.29. The van der Waals surface area contributed by atoms with Crippen LogP contribution < -0.4 is 5.32 Å². The van der Waals surface area contributed by atoms with Gasteiger partial charge in [0.15, 0.2) is 0 Å². The normalized spacial score (nSPS) is 14.4. The summed E-state index contributed by atoms with van der Waals surface area (Å²) >= 11 is 0. The molecular weight excluding hydrogens is 234 g/mol. The molecule has 1 aromatic heterocycles. The topological polar surface area (TPSA) is 29.9 Å². The largest absolute Gasteiger partial charge is 0.313 e. The van der Waals surface area contributed by atoms with Gasteiger partial charge in [-0.3, -0.25) is 0 Å². The number of para-hydroxylation sites is 1. The Morgan fingerprint density at radius 3 is 2.95 bits per heavy atom. The van der Waals surface area contributed by atoms with Gasteiger partial charge in [0, 0.05) is 12.2 Å². The predicted octanol–water partition coefficient (Wildman–Crippen LogP) is 2.86. The zero-order valence-corrected chi connectivity index (χ0v) is 11.5. The zero-order valence-electron chi connectivity index (χ0n) is 11.5. The highest BCUT2D eigenvalue weighted by Gasteiger charge is 2.17. The minimum absolute atomic E-state index is 0.916. The van der Waals surface area contributed by atoms with Gasteiger partial charge in [0.1, 0.15) is 0 Å². The molecule has 3 rings (SSSR count). The van der Waals surface area contributed by atoms with E-state index in [4.69, 9.17) is 0 Å². The Kier molecular flexibility index (Phi) is 3.65. The molecule has 3 nitrogen and oxygen atoms in total. The minimum atomic E-state index is 0.916. The van der Waals surface area contributed by atoms with Crippen molar-refractivity contribution in [1.82, 2.24) is 14.9 Å². The number of nitrogens with one attached hydrogen (secondary N) is 1. The Morgan fingerprint density at radius 2 is 2.05 bits per heavy atom. The Morgan fingerprint density at radius 1 is 1.21 bits per heavy atom. The molecule has 2 aromatic rings. The molecule has 0 fully saturated rings. The van der Waals surface area contributed by atoms with Crippen LogP contribution >= 0.6 is 0 Å². The highest BCUT2D eigenvalue weighted by molar-refractivity contribution is 5.43. The number of hydrogen-bond acceptors (Lipinski definition) is 2. The van der Waals surface area contributed by atoms with E-state index >= 15 is 0 Å². The fraction of sp³-hybridized carbons (Fsp3) is 0.438. The van der Waals surface area contributed by atoms with E-state index in [0.29, 0.717) is 0 Å². The van der Waals surface area contributed by atoms with Gasteiger partial charge in [0.05, 0.1) is 17.7 Å². The van der Waals surface area contributed by atoms with E-state index in [-0.39, 0.29) is 0 Å². The summed E-state index contributed by atoms with van der Waals surface area (Å²) in [6.45, 7) is 4.05. The van der Waals surface area contributed by atoms with E-state index in [9.17, 15) is 0 Å². The summed E-state index contributed by atoms with van der Waals surface area (Å²) in [6, 6.07) is 8.62. The first-order valence-corrected chi connectivity index (χ1v) is 7.24. The summed E-state index contributed by atoms with van der Waals surface area (Å²) in [6.07, 6.45) is 6.86. The lowest BCUT2D eigenvalue weighted by atomic mass is 10.0. The van der Waals surface area contributed by atoms with Gasteiger partial charge in [-0.2, -0.15) is 0 Å². The second kappa shape index (κ2) is 5.57. The van der Waals surface area contributed by atoms with Gasteiger partial charge in [0.2, 0.25) is 0 Å². The van der Waals surface area contributed by atoms with Crippen LogP contribution in [0.5, 0.6) is 0 Å². The maximum atomic E-state index is 4.60. The standard InChI is InChI=1S/C16H21N3/c1-2-17-11-13-7-3-5-9-15(13)19-12-18-14-8-4-6-10-16(14)19/h3,5,7,9,12,17H,2,4,6,8,10-11H2,1H3. The van der Waals surface area contributed by atoms with E-state index in [1.54, 1.807) is 0 Å². The molecule has 0 saturated heterocycles. The second-order valence-electron chi connectivity index (χ2n) is 5.12. The van der Waals surface area contributed by atoms with Crippen molar-refractivity contribution in [2.24, 2.45) is 0 Å². The van der Waals surface area contributed by atoms with E-state index < -0.39 is 0 Å². The van der Waals surface area contributed by atoms with Crippen molar-refractivity contribution in [3.05, 3.63) is 47.5 Å². The van der Waals surface area contributed by atoms with E-state index in [2.05, 4.69) is 46.1 Å². The number of rotatable bonds is 4. The zero-order chi connectivity index (χ0) is 13.1. The predicted molar refractivity (Wildman–Crippen MR) is 77.6 cm³/mol. The van der Waals surface area contributed by atoms with Gasteiger partial charge in [-0.25, -0.2) is 4.98 Å². The molecule has 0 bridgehead atoms. The van der Waals surface area contributed by atoms with E-state index in [0.717, 1.165) is 25.9 Å². The fourth-order valence-electron chi connectivity index (χ4n) is 2.83. The molecule has 0 spiro atoms. The molecule has 0 aliphatic heterocycles. The number of benzene rings is 1. The van der Waals surface area contributed by atoms with Gasteiger partial charge in [0.25, 0.3) is 0 Å². The van der Waals surface area contributed by atoms with Crippen LogP contribution in [0.4, 0.5) is 0 Å². The van der Waals surface area contributed by atoms with Gasteiger partial charge >= 0.3 is 0 Å². The smallest absolute Gasteiger partial charge is 0.0997 e. The van der Waals surface area contributed by atoms with Crippen molar-refractivity contribution >= 4 is 0 Å². The molecule has 1 heterocycles. The van der Waals surface area contributed by atoms with Crippen LogP contribution in [0.3, 0.4) is 0 Å². The highest BCUT2D eigenvalue weighted by atomic mass is 15.1. The molecule has 100 valence electrons. The molecule has 0 radical (unpaired) electrons. The summed E-state index contributed by atoms with van der Waals surface area (Å²) in [7, 11) is 0. The van der Waals surface area contributed by atoms with Crippen molar-refractivity contribution in [3.8, 4) is 5.69 Å². The maximum absolute atomic E-state index is 4.60. The number of nitrogens with zero attached hydrogens (tertiary/aromatic N) is 2. The lowest BCUT2D eigenvalue weighted by molar-refractivity contribution is 0.653. The number of aromatic nitrogens is 2. The number of hydrogen-bond donors (Lipinski definition) is 1. The fourth-order valence-corrected chi connectivity index (χ4v) is 2.83. The third kappa shape index (κ3) is 2.43. The molecule has 19 heavy (non-hydrogen) atoms. The molecule has 0 unspecified atom stereocenters. The SMILES string of the molecule is CCNCc1ccccc1-n1cnc2c1CCCC2. The first kappa shape index (κ1) is 12.4. The summed E-state index contributed by atoms with van der Waals surface area (Å²) in [4.78, 5) is 4.60. The van der Waals surface area contributed by atoms with Crippen molar-refractivity contribution in [3.63, 3.8) is 0 Å². The Bertz CT molecular complexity index is 557. The maximum Gasteiger partial charge on any atom is 0.0997 e. The number of aryl methyl sites for hydroxylation is 1. The van der Waals surface area contributed by atoms with E-state index in [1.165, 1.54) is 35.5 Å². The Balaban J connectivity index is 1.99. The summed E-state index contributed by atoms with van der Waals surface area (Å²) in [5, 5.41) is 3.41. The van der Waals surface area contributed by atoms with Crippen molar-refractivity contribution in [2.75, 3.05) is 6.54 Å². The molecule has 1 aliphatic rings. The quantitative estimate of drug-likeness (QED) is 0.910. The van der Waals surface area contributed by atoms with Gasteiger partial charge in [-0.05, 0) is 43.9 Å². The monoisotopic (exact) mass is 255 g/mol. The van der Waals surface area contributed by atoms with Crippen molar-refractivity contribution < 1.29 is 0 Å². The highest BCUT2D eigenvalue weighted by Crippen LogP contribution is 2.24. The average molecular weight is 255 g/mol. The van der Waals surface area contributed by atoms with Crippen LogP contribution in [0, 0.1) is 0 Å². The van der Waals surface area contributed by atoms with Crippen LogP contribution in [0.1, 0.15) is 36.7 Å². The lowest BCUT2D eigenvalue weighted by Gasteiger charge is -2.16. The van der Waals surface area contributed by atoms with Gasteiger partial charge in [-0.15, -0.1) is 0 Å². The molecule has 1 N–H and O–H groups in total. The molecule has 0 amide bonds. The Labute approximate surface area is 114 Å². The van der Waals surface area contributed by atoms with Crippen molar-refractivity contribution in [2.45, 2.75) is 39.2 Å². The number of imidazole rings is 1. The molecule has 1 aromatic carbocycles. The Hall–Kier alpha value is -1.61. The van der Waals surface area contributed by atoms with Crippen LogP contribution in [0.2, 0.25) is 0 Å². The average Bonchev–Trinajstić information content (AvgIpc) is 2.89. The van der Waals surface area contributed by atoms with Crippen molar-refractivity contribution in [1.29, 1.82) is 0 Å². The van der Waals surface area contributed by atoms with Gasteiger partial charge in [-0.1, -0.05) is 25.1 Å².